The van der Waals surface area contributed by atoms with Gasteiger partial charge in [-0.05, 0) is 56.0 Å². The molecule has 7 nitrogen and oxygen atoms in total. The van der Waals surface area contributed by atoms with Gasteiger partial charge < -0.3 is 25.2 Å². The van der Waals surface area contributed by atoms with E-state index in [0.717, 1.165) is 18.9 Å². The van der Waals surface area contributed by atoms with E-state index < -0.39 is 29.1 Å². The molecule has 0 radical (unpaired) electrons. The van der Waals surface area contributed by atoms with Gasteiger partial charge in [0.2, 0.25) is 0 Å². The van der Waals surface area contributed by atoms with Crippen LogP contribution in [-0.4, -0.2) is 40.7 Å². The summed E-state index contributed by atoms with van der Waals surface area (Å²) in [5.74, 6) is -0.547. The molecule has 6 rings (SSSR count). The van der Waals surface area contributed by atoms with Crippen LogP contribution in [0.15, 0.2) is 36.4 Å². The molecule has 4 aliphatic rings. The molecule has 180 valence electrons. The first-order valence-corrected chi connectivity index (χ1v) is 11.8. The summed E-state index contributed by atoms with van der Waals surface area (Å²) in [5, 5.41) is 17.0. The first-order chi connectivity index (χ1) is 16.2. The Labute approximate surface area is 205 Å². The van der Waals surface area contributed by atoms with Gasteiger partial charge in [0, 0.05) is 34.2 Å². The molecule has 0 spiro atoms. The van der Waals surface area contributed by atoms with Crippen LogP contribution >= 0.6 is 23.2 Å². The third kappa shape index (κ3) is 4.42. The molecular formula is C24H23Cl2FN2O5. The van der Waals surface area contributed by atoms with E-state index in [9.17, 15) is 19.1 Å². The molecule has 2 aromatic rings. The zero-order chi connectivity index (χ0) is 24.1. The van der Waals surface area contributed by atoms with Crippen LogP contribution < -0.4 is 20.1 Å². The zero-order valence-corrected chi connectivity index (χ0v) is 19.6. The van der Waals surface area contributed by atoms with Crippen LogP contribution in [0.25, 0.3) is 0 Å². The number of aliphatic hydroxyl groups is 1. The van der Waals surface area contributed by atoms with E-state index >= 15 is 0 Å². The molecule has 3 saturated carbocycles. The number of hydrogen-bond donors (Lipinski definition) is 3. The maximum absolute atomic E-state index is 13.5. The minimum Gasteiger partial charge on any atom is -0.484 e. The van der Waals surface area contributed by atoms with Gasteiger partial charge in [0.25, 0.3) is 11.8 Å². The van der Waals surface area contributed by atoms with Crippen molar-refractivity contribution in [2.24, 2.45) is 0 Å². The van der Waals surface area contributed by atoms with Crippen molar-refractivity contribution in [3.8, 4) is 11.5 Å². The normalized spacial score (nSPS) is 28.8. The highest BCUT2D eigenvalue weighted by Crippen LogP contribution is 2.55. The number of rotatable bonds is 6. The van der Waals surface area contributed by atoms with E-state index in [2.05, 4.69) is 10.6 Å². The number of amides is 2. The van der Waals surface area contributed by atoms with Crippen LogP contribution in [-0.2, 0) is 9.59 Å². The maximum atomic E-state index is 13.5. The Bertz CT molecular complexity index is 1150. The summed E-state index contributed by atoms with van der Waals surface area (Å²) in [6.45, 7) is -0.251. The van der Waals surface area contributed by atoms with Gasteiger partial charge in [0.15, 0.2) is 12.7 Å². The second-order valence-electron chi connectivity index (χ2n) is 9.36. The quantitative estimate of drug-likeness (QED) is 0.552. The minimum absolute atomic E-state index is 0.0174. The van der Waals surface area contributed by atoms with Gasteiger partial charge >= 0.3 is 0 Å². The highest BCUT2D eigenvalue weighted by atomic mass is 35.5. The van der Waals surface area contributed by atoms with Gasteiger partial charge in [-0.1, -0.05) is 23.2 Å². The van der Waals surface area contributed by atoms with Crippen LogP contribution in [0.5, 0.6) is 11.5 Å². The topological polar surface area (TPSA) is 96.9 Å². The monoisotopic (exact) mass is 508 g/mol. The Balaban J connectivity index is 1.13. The molecule has 0 unspecified atom stereocenters. The lowest BCUT2D eigenvalue weighted by Gasteiger charge is -2.48. The van der Waals surface area contributed by atoms with Gasteiger partial charge in [-0.2, -0.15) is 0 Å². The molecule has 3 fully saturated rings. The smallest absolute Gasteiger partial charge is 0.261 e. The number of carbonyl (C=O) groups is 2. The predicted molar refractivity (Wildman–Crippen MR) is 123 cm³/mol. The molecule has 2 amide bonds. The van der Waals surface area contributed by atoms with Gasteiger partial charge in [-0.3, -0.25) is 9.59 Å². The minimum atomic E-state index is -0.840. The van der Waals surface area contributed by atoms with Gasteiger partial charge in [0.1, 0.15) is 17.3 Å². The van der Waals surface area contributed by atoms with Crippen molar-refractivity contribution in [1.29, 1.82) is 0 Å². The fraction of sp³-hybridized carbons (Fsp3) is 0.417. The molecule has 34 heavy (non-hydrogen) atoms. The Morgan fingerprint density at radius 3 is 2.59 bits per heavy atom. The average Bonchev–Trinajstić information content (AvgIpc) is 3.29. The number of ether oxygens (including phenoxy) is 2. The molecule has 3 N–H and O–H groups in total. The molecule has 0 saturated heterocycles. The van der Waals surface area contributed by atoms with Crippen LogP contribution in [0.4, 0.5) is 4.39 Å². The number of benzene rings is 2. The van der Waals surface area contributed by atoms with Crippen molar-refractivity contribution >= 4 is 35.0 Å². The summed E-state index contributed by atoms with van der Waals surface area (Å²) >= 11 is 11.6. The van der Waals surface area contributed by atoms with Crippen LogP contribution in [0.3, 0.4) is 0 Å². The summed E-state index contributed by atoms with van der Waals surface area (Å²) < 4.78 is 24.7. The van der Waals surface area contributed by atoms with Crippen molar-refractivity contribution in [2.45, 2.75) is 55.4 Å². The Morgan fingerprint density at radius 2 is 1.85 bits per heavy atom. The fourth-order valence-corrected chi connectivity index (χ4v) is 5.64. The Morgan fingerprint density at radius 1 is 1.12 bits per heavy atom. The lowest BCUT2D eigenvalue weighted by Crippen LogP contribution is -2.66. The van der Waals surface area contributed by atoms with E-state index in [0.29, 0.717) is 29.2 Å². The first-order valence-electron chi connectivity index (χ1n) is 11.0. The summed E-state index contributed by atoms with van der Waals surface area (Å²) in [6.07, 6.45) is 1.15. The molecule has 2 atom stereocenters. The van der Waals surface area contributed by atoms with Gasteiger partial charge in [-0.25, -0.2) is 4.39 Å². The molecule has 1 heterocycles. The Kier molecular flexibility index (Phi) is 5.86. The van der Waals surface area contributed by atoms with Gasteiger partial charge in [-0.15, -0.1) is 0 Å². The van der Waals surface area contributed by atoms with E-state index in [1.165, 1.54) is 12.1 Å². The molecule has 2 bridgehead atoms. The molecule has 0 aromatic heterocycles. The van der Waals surface area contributed by atoms with Crippen molar-refractivity contribution < 1.29 is 28.6 Å². The van der Waals surface area contributed by atoms with E-state index in [-0.39, 0.29) is 35.6 Å². The van der Waals surface area contributed by atoms with Crippen LogP contribution in [0.1, 0.15) is 43.8 Å². The summed E-state index contributed by atoms with van der Waals surface area (Å²) in [4.78, 5) is 25.3. The number of carbonyl (C=O) groups excluding carboxylic acids is 2. The van der Waals surface area contributed by atoms with Crippen molar-refractivity contribution in [2.75, 3.05) is 6.61 Å². The number of aliphatic hydroxyl groups excluding tert-OH is 1. The SMILES string of the molecule is O=C(COc1ccc(Cl)c(F)c1)NC12CCC(NC(=O)[C@H]3C[C@H](O)c4cc(Cl)ccc4O3)(C1)C2. The lowest BCUT2D eigenvalue weighted by atomic mass is 9.71. The van der Waals surface area contributed by atoms with Crippen molar-refractivity contribution in [3.63, 3.8) is 0 Å². The Hall–Kier alpha value is -2.55. The summed E-state index contributed by atoms with van der Waals surface area (Å²) in [5.41, 5.74) is -0.224. The largest absolute Gasteiger partial charge is 0.484 e. The van der Waals surface area contributed by atoms with Crippen molar-refractivity contribution in [1.82, 2.24) is 10.6 Å². The fourth-order valence-electron chi connectivity index (χ4n) is 5.35. The molecule has 2 aromatic carbocycles. The standard InChI is InChI=1S/C24H23Cl2FN2O5/c25-13-1-4-19-15(7-13)18(30)9-20(34-19)22(32)29-24-6-5-23(11-24,12-24)28-21(31)10-33-14-2-3-16(26)17(27)8-14/h1-4,7-8,18,20,30H,5-6,9-12H2,(H,28,31)(H,29,32)/t18-,20+,23?,24?/m0/s1. The second kappa shape index (κ2) is 8.59. The summed E-state index contributed by atoms with van der Waals surface area (Å²) in [6, 6.07) is 8.93. The third-order valence-corrected chi connectivity index (χ3v) is 7.36. The van der Waals surface area contributed by atoms with E-state index in [1.54, 1.807) is 18.2 Å². The number of hydrogen-bond acceptors (Lipinski definition) is 5. The molecular weight excluding hydrogens is 486 g/mol. The molecule has 1 aliphatic heterocycles. The zero-order valence-electron chi connectivity index (χ0n) is 18.1. The van der Waals surface area contributed by atoms with E-state index in [1.807, 2.05) is 0 Å². The summed E-state index contributed by atoms with van der Waals surface area (Å²) in [7, 11) is 0. The van der Waals surface area contributed by atoms with Gasteiger partial charge in [0.05, 0.1) is 11.1 Å². The third-order valence-electron chi connectivity index (χ3n) is 6.82. The highest BCUT2D eigenvalue weighted by Gasteiger charge is 2.62. The number of nitrogens with one attached hydrogen (secondary N) is 2. The lowest BCUT2D eigenvalue weighted by molar-refractivity contribution is -0.134. The molecule has 3 aliphatic carbocycles. The average molecular weight is 509 g/mol. The highest BCUT2D eigenvalue weighted by molar-refractivity contribution is 6.31. The van der Waals surface area contributed by atoms with Crippen molar-refractivity contribution in [3.05, 3.63) is 57.8 Å². The van der Waals surface area contributed by atoms with E-state index in [4.69, 9.17) is 32.7 Å². The predicted octanol–water partition coefficient (Wildman–Crippen LogP) is 3.69. The van der Waals surface area contributed by atoms with Crippen LogP contribution in [0.2, 0.25) is 10.0 Å². The maximum Gasteiger partial charge on any atom is 0.261 e. The second-order valence-corrected chi connectivity index (χ2v) is 10.2. The number of halogens is 3. The first kappa shape index (κ1) is 23.2. The van der Waals surface area contributed by atoms with Crippen LogP contribution in [0, 0.1) is 5.82 Å². The number of fused-ring (bicyclic) bond motifs is 2. The molecule has 10 heteroatoms.